The van der Waals surface area contributed by atoms with Crippen LogP contribution in [0.25, 0.3) is 10.8 Å². The van der Waals surface area contributed by atoms with E-state index in [1.807, 2.05) is 24.3 Å². The van der Waals surface area contributed by atoms with Gasteiger partial charge in [-0.3, -0.25) is 0 Å². The number of hydrogen-bond acceptors (Lipinski definition) is 2. The van der Waals surface area contributed by atoms with E-state index < -0.39 is 0 Å². The Kier molecular flexibility index (Phi) is 1.87. The maximum Gasteiger partial charge on any atom is 0.125 e. The minimum atomic E-state index is 0.385. The van der Waals surface area contributed by atoms with Crippen molar-refractivity contribution in [1.82, 2.24) is 0 Å². The van der Waals surface area contributed by atoms with Crippen molar-refractivity contribution in [3.63, 3.8) is 0 Å². The molecular weight excluding hydrogens is 198 g/mol. The fourth-order valence-electron chi connectivity index (χ4n) is 2.80. The number of nitrogens with zero attached hydrogens (tertiary/aromatic N) is 1. The van der Waals surface area contributed by atoms with E-state index in [0.29, 0.717) is 11.7 Å². The van der Waals surface area contributed by atoms with Gasteiger partial charge in [0.1, 0.15) is 5.75 Å². The van der Waals surface area contributed by atoms with Crippen molar-refractivity contribution in [2.45, 2.75) is 12.8 Å². The summed E-state index contributed by atoms with van der Waals surface area (Å²) in [6, 6.07) is 9.98. The van der Waals surface area contributed by atoms with Crippen molar-refractivity contribution in [3.05, 3.63) is 35.9 Å². The molecule has 3 rings (SSSR count). The van der Waals surface area contributed by atoms with Crippen LogP contribution in [-0.4, -0.2) is 18.7 Å². The molecule has 0 fully saturated rings. The molecule has 1 aliphatic rings. The van der Waals surface area contributed by atoms with Crippen LogP contribution in [-0.2, 0) is 0 Å². The number of phenolic OH excluding ortho intramolecular Hbond substituents is 1. The largest absolute Gasteiger partial charge is 0.507 e. The lowest BCUT2D eigenvalue weighted by Crippen LogP contribution is -2.13. The molecule has 0 aromatic heterocycles. The molecule has 0 amide bonds. The molecule has 1 aliphatic heterocycles. The van der Waals surface area contributed by atoms with Crippen LogP contribution >= 0.6 is 0 Å². The van der Waals surface area contributed by atoms with Gasteiger partial charge in [0.2, 0.25) is 0 Å². The number of aromatic hydroxyl groups is 1. The average molecular weight is 213 g/mol. The Bertz CT molecular complexity index is 562. The summed E-state index contributed by atoms with van der Waals surface area (Å²) in [5, 5.41) is 12.2. The zero-order chi connectivity index (χ0) is 11.3. The Hall–Kier alpha value is -1.70. The van der Waals surface area contributed by atoms with Crippen LogP contribution in [0.3, 0.4) is 0 Å². The van der Waals surface area contributed by atoms with Gasteiger partial charge in [0.05, 0.1) is 0 Å². The van der Waals surface area contributed by atoms with Crippen molar-refractivity contribution in [1.29, 1.82) is 0 Å². The van der Waals surface area contributed by atoms with Gasteiger partial charge >= 0.3 is 0 Å². The Labute approximate surface area is 95.1 Å². The predicted octanol–water partition coefficient (Wildman–Crippen LogP) is 3.10. The molecule has 82 valence electrons. The average Bonchev–Trinajstić information content (AvgIpc) is 2.55. The maximum absolute atomic E-state index is 10.0. The molecule has 2 heteroatoms. The first-order chi connectivity index (χ1) is 7.68. The van der Waals surface area contributed by atoms with Gasteiger partial charge in [-0.25, -0.2) is 0 Å². The van der Waals surface area contributed by atoms with Gasteiger partial charge < -0.3 is 10.0 Å². The SMILES string of the molecule is CC1CN(C)c2cc(O)c3ccccc3c21. The second kappa shape index (κ2) is 3.14. The van der Waals surface area contributed by atoms with Crippen molar-refractivity contribution >= 4 is 16.5 Å². The number of likely N-dealkylation sites (N-methyl/N-ethyl adjacent to an activating group) is 1. The van der Waals surface area contributed by atoms with E-state index in [-0.39, 0.29) is 0 Å². The summed E-state index contributed by atoms with van der Waals surface area (Å²) >= 11 is 0. The number of phenols is 1. The zero-order valence-electron chi connectivity index (χ0n) is 9.57. The third kappa shape index (κ3) is 1.13. The molecule has 0 aliphatic carbocycles. The van der Waals surface area contributed by atoms with Crippen molar-refractivity contribution in [2.75, 3.05) is 18.5 Å². The summed E-state index contributed by atoms with van der Waals surface area (Å²) in [5.41, 5.74) is 2.54. The van der Waals surface area contributed by atoms with E-state index in [9.17, 15) is 5.11 Å². The van der Waals surface area contributed by atoms with Gasteiger partial charge in [-0.15, -0.1) is 0 Å². The molecule has 16 heavy (non-hydrogen) atoms. The third-order valence-electron chi connectivity index (χ3n) is 3.49. The Morgan fingerprint density at radius 3 is 2.69 bits per heavy atom. The summed E-state index contributed by atoms with van der Waals surface area (Å²) in [7, 11) is 2.08. The second-order valence-corrected chi connectivity index (χ2v) is 4.66. The summed E-state index contributed by atoms with van der Waals surface area (Å²) in [5.74, 6) is 0.917. The minimum absolute atomic E-state index is 0.385. The van der Waals surface area contributed by atoms with Gasteiger partial charge in [0.15, 0.2) is 0 Å². The molecule has 2 nitrogen and oxygen atoms in total. The molecule has 0 saturated carbocycles. The van der Waals surface area contributed by atoms with Gasteiger partial charge in [0.25, 0.3) is 0 Å². The fraction of sp³-hybridized carbons (Fsp3) is 0.286. The van der Waals surface area contributed by atoms with E-state index in [0.717, 1.165) is 11.9 Å². The highest BCUT2D eigenvalue weighted by Crippen LogP contribution is 2.43. The highest BCUT2D eigenvalue weighted by Gasteiger charge is 2.26. The van der Waals surface area contributed by atoms with Crippen LogP contribution < -0.4 is 4.90 Å². The maximum atomic E-state index is 10.0. The Morgan fingerprint density at radius 2 is 1.94 bits per heavy atom. The lowest BCUT2D eigenvalue weighted by atomic mass is 9.96. The van der Waals surface area contributed by atoms with Crippen LogP contribution in [0.2, 0.25) is 0 Å². The third-order valence-corrected chi connectivity index (χ3v) is 3.49. The van der Waals surface area contributed by atoms with Gasteiger partial charge in [-0.1, -0.05) is 31.2 Å². The van der Waals surface area contributed by atoms with E-state index in [1.165, 1.54) is 16.6 Å². The monoisotopic (exact) mass is 213 g/mol. The Balaban J connectivity index is 2.44. The van der Waals surface area contributed by atoms with Crippen LogP contribution in [0.4, 0.5) is 5.69 Å². The lowest BCUT2D eigenvalue weighted by Gasteiger charge is -2.13. The van der Waals surface area contributed by atoms with Crippen LogP contribution in [0.5, 0.6) is 5.75 Å². The van der Waals surface area contributed by atoms with Crippen LogP contribution in [0.15, 0.2) is 30.3 Å². The fourth-order valence-corrected chi connectivity index (χ4v) is 2.80. The topological polar surface area (TPSA) is 23.5 Å². The first-order valence-electron chi connectivity index (χ1n) is 5.64. The number of fused-ring (bicyclic) bond motifs is 3. The van der Waals surface area contributed by atoms with Crippen molar-refractivity contribution < 1.29 is 5.11 Å². The molecule has 0 radical (unpaired) electrons. The second-order valence-electron chi connectivity index (χ2n) is 4.66. The minimum Gasteiger partial charge on any atom is -0.507 e. The van der Waals surface area contributed by atoms with E-state index in [1.54, 1.807) is 0 Å². The van der Waals surface area contributed by atoms with E-state index in [2.05, 4.69) is 24.9 Å². The first kappa shape index (κ1) is 9.52. The van der Waals surface area contributed by atoms with Gasteiger partial charge in [-0.05, 0) is 10.9 Å². The number of anilines is 1. The van der Waals surface area contributed by atoms with Crippen LogP contribution in [0, 0.1) is 0 Å². The summed E-state index contributed by atoms with van der Waals surface area (Å²) in [6.45, 7) is 3.27. The molecule has 0 spiro atoms. The summed E-state index contributed by atoms with van der Waals surface area (Å²) < 4.78 is 0. The van der Waals surface area contributed by atoms with E-state index in [4.69, 9.17) is 0 Å². The lowest BCUT2D eigenvalue weighted by molar-refractivity contribution is 0.481. The highest BCUT2D eigenvalue weighted by molar-refractivity contribution is 5.96. The Morgan fingerprint density at radius 1 is 1.25 bits per heavy atom. The van der Waals surface area contributed by atoms with Gasteiger partial charge in [-0.2, -0.15) is 0 Å². The zero-order valence-corrected chi connectivity index (χ0v) is 9.57. The highest BCUT2D eigenvalue weighted by atomic mass is 16.3. The van der Waals surface area contributed by atoms with Crippen molar-refractivity contribution in [3.8, 4) is 5.75 Å². The molecule has 1 atom stereocenters. The molecule has 0 saturated heterocycles. The molecule has 2 aromatic carbocycles. The normalized spacial score (nSPS) is 19.1. The van der Waals surface area contributed by atoms with Crippen molar-refractivity contribution in [2.24, 2.45) is 0 Å². The molecule has 1 unspecified atom stereocenters. The number of rotatable bonds is 0. The summed E-state index contributed by atoms with van der Waals surface area (Å²) in [6.07, 6.45) is 0. The molecule has 2 aromatic rings. The first-order valence-corrected chi connectivity index (χ1v) is 5.64. The number of hydrogen-bond donors (Lipinski definition) is 1. The molecule has 1 heterocycles. The van der Waals surface area contributed by atoms with Gasteiger partial charge in [0, 0.05) is 36.7 Å². The predicted molar refractivity (Wildman–Crippen MR) is 67.3 cm³/mol. The molecular formula is C14H15NO. The molecule has 0 bridgehead atoms. The standard InChI is InChI=1S/C14H15NO/c1-9-8-15(2)12-7-13(16)10-5-3-4-6-11(10)14(9)12/h3-7,9,16H,8H2,1-2H3. The quantitative estimate of drug-likeness (QED) is 0.727. The smallest absolute Gasteiger partial charge is 0.125 e. The summed E-state index contributed by atoms with van der Waals surface area (Å²) in [4.78, 5) is 2.21. The number of benzene rings is 2. The van der Waals surface area contributed by atoms with E-state index >= 15 is 0 Å². The molecule has 1 N–H and O–H groups in total. The van der Waals surface area contributed by atoms with Crippen LogP contribution in [0.1, 0.15) is 18.4 Å².